The highest BCUT2D eigenvalue weighted by molar-refractivity contribution is 6.30. The Hall–Kier alpha value is -3.59. The van der Waals surface area contributed by atoms with Crippen LogP contribution in [0, 0.1) is 13.8 Å². The molecule has 4 rings (SSSR count). The molecule has 0 atom stereocenters. The van der Waals surface area contributed by atoms with E-state index in [0.717, 1.165) is 23.0 Å². The number of aryl methyl sites for hydroxylation is 1. The van der Waals surface area contributed by atoms with Crippen LogP contribution in [0.5, 0.6) is 0 Å². The summed E-state index contributed by atoms with van der Waals surface area (Å²) in [5.41, 5.74) is 1.70. The first kappa shape index (κ1) is 23.6. The van der Waals surface area contributed by atoms with Crippen molar-refractivity contribution in [3.8, 4) is 5.69 Å². The lowest BCUT2D eigenvalue weighted by Gasteiger charge is -2.13. The van der Waals surface area contributed by atoms with Crippen LogP contribution in [0.2, 0.25) is 5.02 Å². The second-order valence-electron chi connectivity index (χ2n) is 7.77. The first-order valence-electron chi connectivity index (χ1n) is 10.4. The van der Waals surface area contributed by atoms with E-state index in [1.165, 1.54) is 24.3 Å². The Balaban J connectivity index is 1.57. The SMILES string of the molecule is Cc1nn(Cc2ccccc2)c(C)c1CNC(=O)c1cnn(-c2cccc(Cl)c2)c1C(F)(F)F. The lowest BCUT2D eigenvalue weighted by atomic mass is 10.1. The van der Waals surface area contributed by atoms with Gasteiger partial charge in [0.15, 0.2) is 5.69 Å². The summed E-state index contributed by atoms with van der Waals surface area (Å²) in [5.74, 6) is -0.879. The van der Waals surface area contributed by atoms with Crippen LogP contribution >= 0.6 is 11.6 Å². The van der Waals surface area contributed by atoms with E-state index in [4.69, 9.17) is 11.6 Å². The number of aromatic nitrogens is 4. The van der Waals surface area contributed by atoms with Crippen LogP contribution in [0.25, 0.3) is 5.69 Å². The fraction of sp³-hybridized carbons (Fsp3) is 0.208. The molecule has 2 aromatic carbocycles. The maximum absolute atomic E-state index is 13.9. The lowest BCUT2D eigenvalue weighted by molar-refractivity contribution is -0.143. The molecule has 6 nitrogen and oxygen atoms in total. The zero-order valence-electron chi connectivity index (χ0n) is 18.4. The Kier molecular flexibility index (Phi) is 6.47. The Bertz CT molecular complexity index is 1330. The topological polar surface area (TPSA) is 64.7 Å². The van der Waals surface area contributed by atoms with Crippen molar-refractivity contribution in [3.63, 3.8) is 0 Å². The standard InChI is InChI=1S/C24H21ClF3N5O/c1-15-20(16(2)32(31-15)14-17-7-4-3-5-8-17)12-29-23(34)21-13-30-33(22(21)24(26,27)28)19-10-6-9-18(25)11-19/h3-11,13H,12,14H2,1-2H3,(H,29,34). The van der Waals surface area contributed by atoms with Gasteiger partial charge in [-0.3, -0.25) is 9.48 Å². The van der Waals surface area contributed by atoms with Crippen molar-refractivity contribution in [2.75, 3.05) is 0 Å². The second-order valence-corrected chi connectivity index (χ2v) is 8.21. The van der Waals surface area contributed by atoms with Crippen molar-refractivity contribution in [2.24, 2.45) is 0 Å². The van der Waals surface area contributed by atoms with Crippen molar-refractivity contribution in [2.45, 2.75) is 33.1 Å². The van der Waals surface area contributed by atoms with E-state index in [1.807, 2.05) is 41.9 Å². The molecule has 0 saturated heterocycles. The van der Waals surface area contributed by atoms with Crippen molar-refractivity contribution in [1.82, 2.24) is 24.9 Å². The highest BCUT2D eigenvalue weighted by Crippen LogP contribution is 2.34. The summed E-state index contributed by atoms with van der Waals surface area (Å²) in [6.07, 6.45) is -3.89. The number of amides is 1. The van der Waals surface area contributed by atoms with Gasteiger partial charge in [0.1, 0.15) is 0 Å². The normalized spacial score (nSPS) is 11.6. The first-order valence-corrected chi connectivity index (χ1v) is 10.8. The molecule has 176 valence electrons. The van der Waals surface area contributed by atoms with Crippen LogP contribution in [0.3, 0.4) is 0 Å². The molecule has 0 fully saturated rings. The third kappa shape index (κ3) is 4.84. The van der Waals surface area contributed by atoms with E-state index in [2.05, 4.69) is 15.5 Å². The fourth-order valence-corrected chi connectivity index (χ4v) is 3.94. The molecule has 0 unspecified atom stereocenters. The molecule has 1 N–H and O–H groups in total. The van der Waals surface area contributed by atoms with Crippen LogP contribution in [-0.4, -0.2) is 25.5 Å². The smallest absolute Gasteiger partial charge is 0.348 e. The van der Waals surface area contributed by atoms with Crippen LogP contribution in [0.4, 0.5) is 13.2 Å². The molecule has 2 heterocycles. The number of nitrogens with zero attached hydrogens (tertiary/aromatic N) is 4. The molecular formula is C24H21ClF3N5O. The number of alkyl halides is 3. The first-order chi connectivity index (χ1) is 16.1. The summed E-state index contributed by atoms with van der Waals surface area (Å²) >= 11 is 5.92. The molecule has 2 aromatic heterocycles. The van der Waals surface area contributed by atoms with E-state index in [1.54, 1.807) is 6.92 Å². The molecule has 1 amide bonds. The van der Waals surface area contributed by atoms with Crippen molar-refractivity contribution >= 4 is 17.5 Å². The molecule has 0 spiro atoms. The van der Waals surface area contributed by atoms with Gasteiger partial charge in [0.05, 0.1) is 29.7 Å². The number of rotatable bonds is 6. The zero-order chi connectivity index (χ0) is 24.5. The van der Waals surface area contributed by atoms with E-state index < -0.39 is 23.3 Å². The number of halogens is 4. The minimum absolute atomic E-state index is 0.0327. The van der Waals surface area contributed by atoms with Crippen molar-refractivity contribution < 1.29 is 18.0 Å². The van der Waals surface area contributed by atoms with Crippen LogP contribution in [-0.2, 0) is 19.3 Å². The van der Waals surface area contributed by atoms with Gasteiger partial charge in [0.25, 0.3) is 5.91 Å². The second kappa shape index (κ2) is 9.34. The maximum Gasteiger partial charge on any atom is 0.434 e. The molecule has 0 aliphatic carbocycles. The van der Waals surface area contributed by atoms with Gasteiger partial charge in [-0.15, -0.1) is 0 Å². The van der Waals surface area contributed by atoms with Gasteiger partial charge in [0, 0.05) is 22.8 Å². The molecule has 4 aromatic rings. The van der Waals surface area contributed by atoms with Crippen LogP contribution in [0.15, 0.2) is 60.8 Å². The Labute approximate surface area is 199 Å². The third-order valence-corrected chi connectivity index (χ3v) is 5.70. The number of hydrogen-bond donors (Lipinski definition) is 1. The molecule has 0 aliphatic rings. The van der Waals surface area contributed by atoms with E-state index in [9.17, 15) is 18.0 Å². The highest BCUT2D eigenvalue weighted by atomic mass is 35.5. The van der Waals surface area contributed by atoms with Gasteiger partial charge < -0.3 is 5.32 Å². The highest BCUT2D eigenvalue weighted by Gasteiger charge is 2.40. The average Bonchev–Trinajstić information content (AvgIpc) is 3.35. The summed E-state index contributed by atoms with van der Waals surface area (Å²) < 4.78 is 44.2. The van der Waals surface area contributed by atoms with Gasteiger partial charge in [0.2, 0.25) is 0 Å². The van der Waals surface area contributed by atoms with E-state index >= 15 is 0 Å². The number of hydrogen-bond acceptors (Lipinski definition) is 3. The molecule has 0 aliphatic heterocycles. The summed E-state index contributed by atoms with van der Waals surface area (Å²) in [4.78, 5) is 12.8. The monoisotopic (exact) mass is 487 g/mol. The number of carbonyl (C=O) groups excluding carboxylic acids is 1. The van der Waals surface area contributed by atoms with Crippen molar-refractivity contribution in [3.05, 3.63) is 99.6 Å². The van der Waals surface area contributed by atoms with Gasteiger partial charge in [-0.1, -0.05) is 48.0 Å². The predicted octanol–water partition coefficient (Wildman–Crippen LogP) is 5.34. The molecule has 0 bridgehead atoms. The summed E-state index contributed by atoms with van der Waals surface area (Å²) in [5, 5.41) is 11.2. The maximum atomic E-state index is 13.9. The minimum atomic E-state index is -4.81. The van der Waals surface area contributed by atoms with Crippen LogP contribution in [0.1, 0.15) is 38.6 Å². The molecule has 34 heavy (non-hydrogen) atoms. The Morgan fingerprint density at radius 3 is 2.50 bits per heavy atom. The largest absolute Gasteiger partial charge is 0.434 e. The Morgan fingerprint density at radius 2 is 1.82 bits per heavy atom. The van der Waals surface area contributed by atoms with Crippen molar-refractivity contribution in [1.29, 1.82) is 0 Å². The quantitative estimate of drug-likeness (QED) is 0.399. The lowest BCUT2D eigenvalue weighted by Crippen LogP contribution is -2.26. The van der Waals surface area contributed by atoms with Gasteiger partial charge in [-0.05, 0) is 37.6 Å². The van der Waals surface area contributed by atoms with Gasteiger partial charge in [-0.25, -0.2) is 4.68 Å². The number of nitrogens with one attached hydrogen (secondary N) is 1. The van der Waals surface area contributed by atoms with Gasteiger partial charge in [-0.2, -0.15) is 23.4 Å². The van der Waals surface area contributed by atoms with E-state index in [-0.39, 0.29) is 17.3 Å². The Morgan fingerprint density at radius 1 is 1.09 bits per heavy atom. The molecule has 0 saturated carbocycles. The zero-order valence-corrected chi connectivity index (χ0v) is 19.2. The predicted molar refractivity (Wildman–Crippen MR) is 122 cm³/mol. The molecule has 10 heteroatoms. The molecule has 0 radical (unpaired) electrons. The minimum Gasteiger partial charge on any atom is -0.348 e. The third-order valence-electron chi connectivity index (χ3n) is 5.47. The average molecular weight is 488 g/mol. The summed E-state index contributed by atoms with van der Waals surface area (Å²) in [6, 6.07) is 15.6. The summed E-state index contributed by atoms with van der Waals surface area (Å²) in [6.45, 7) is 4.24. The fourth-order valence-electron chi connectivity index (χ4n) is 3.76. The molecular weight excluding hydrogens is 467 g/mol. The van der Waals surface area contributed by atoms with Crippen LogP contribution < -0.4 is 5.32 Å². The van der Waals surface area contributed by atoms with E-state index in [0.29, 0.717) is 16.9 Å². The van der Waals surface area contributed by atoms with Gasteiger partial charge >= 0.3 is 6.18 Å². The summed E-state index contributed by atoms with van der Waals surface area (Å²) in [7, 11) is 0. The number of benzene rings is 2. The number of carbonyl (C=O) groups is 1.